The van der Waals surface area contributed by atoms with Gasteiger partial charge in [0, 0.05) is 11.5 Å². The van der Waals surface area contributed by atoms with Crippen LogP contribution in [0.15, 0.2) is 0 Å². The van der Waals surface area contributed by atoms with E-state index in [0.29, 0.717) is 5.82 Å². The third kappa shape index (κ3) is 1.45. The van der Waals surface area contributed by atoms with Gasteiger partial charge in [-0.25, -0.2) is 4.68 Å². The number of hydrogen-bond acceptors (Lipinski definition) is 5. The summed E-state index contributed by atoms with van der Waals surface area (Å²) in [5, 5.41) is 7.83. The quantitative estimate of drug-likeness (QED) is 0.553. The molecule has 0 bridgehead atoms. The lowest BCUT2D eigenvalue weighted by atomic mass is 9.71. The van der Waals surface area contributed by atoms with E-state index in [0.717, 1.165) is 19.3 Å². The van der Waals surface area contributed by atoms with E-state index < -0.39 is 0 Å². The van der Waals surface area contributed by atoms with Crippen molar-refractivity contribution in [3.8, 4) is 0 Å². The van der Waals surface area contributed by atoms with Crippen LogP contribution in [0.5, 0.6) is 0 Å². The van der Waals surface area contributed by atoms with Crippen LogP contribution in [0.3, 0.4) is 0 Å². The van der Waals surface area contributed by atoms with Crippen LogP contribution in [0.2, 0.25) is 0 Å². The lowest BCUT2D eigenvalue weighted by molar-refractivity contribution is 0.254. The molecule has 0 aliphatic heterocycles. The molecule has 15 heavy (non-hydrogen) atoms. The second-order valence-electron chi connectivity index (χ2n) is 4.52. The van der Waals surface area contributed by atoms with Gasteiger partial charge in [0.25, 0.3) is 0 Å². The van der Waals surface area contributed by atoms with E-state index >= 15 is 0 Å². The molecule has 84 valence electrons. The molecule has 1 saturated carbocycles. The van der Waals surface area contributed by atoms with Gasteiger partial charge in [-0.1, -0.05) is 19.8 Å². The van der Waals surface area contributed by atoms with E-state index in [9.17, 15) is 0 Å². The van der Waals surface area contributed by atoms with Crippen LogP contribution in [0.4, 0.5) is 5.95 Å². The van der Waals surface area contributed by atoms with Crippen LogP contribution in [0.25, 0.3) is 0 Å². The third-order valence-electron chi connectivity index (χ3n) is 3.51. The molecule has 1 aromatic rings. The average molecular weight is 210 g/mol. The number of rotatable bonds is 1. The van der Waals surface area contributed by atoms with Crippen molar-refractivity contribution in [1.82, 2.24) is 14.9 Å². The zero-order chi connectivity index (χ0) is 11.1. The fourth-order valence-corrected chi connectivity index (χ4v) is 2.33. The first-order chi connectivity index (χ1) is 7.05. The Kier molecular flexibility index (Phi) is 2.30. The van der Waals surface area contributed by atoms with Crippen molar-refractivity contribution in [3.63, 3.8) is 0 Å². The van der Waals surface area contributed by atoms with Crippen LogP contribution < -0.4 is 17.3 Å². The lowest BCUT2D eigenvalue weighted by Gasteiger charge is -2.37. The molecule has 1 fully saturated rings. The minimum Gasteiger partial charge on any atom is -0.366 e. The molecule has 0 radical (unpaired) electrons. The molecule has 0 amide bonds. The van der Waals surface area contributed by atoms with Gasteiger partial charge < -0.3 is 17.3 Å². The highest BCUT2D eigenvalue weighted by atomic mass is 15.4. The van der Waals surface area contributed by atoms with E-state index in [1.165, 1.54) is 11.1 Å². The average Bonchev–Trinajstić information content (AvgIpc) is 2.53. The number of aromatic nitrogens is 3. The molecule has 2 atom stereocenters. The van der Waals surface area contributed by atoms with Crippen molar-refractivity contribution in [2.75, 3.05) is 11.6 Å². The van der Waals surface area contributed by atoms with E-state index in [-0.39, 0.29) is 17.4 Å². The van der Waals surface area contributed by atoms with E-state index in [1.54, 1.807) is 0 Å². The number of nitrogens with two attached hydrogens (primary N) is 3. The van der Waals surface area contributed by atoms with Crippen LogP contribution >= 0.6 is 0 Å². The third-order valence-corrected chi connectivity index (χ3v) is 3.51. The number of hydrogen-bond donors (Lipinski definition) is 3. The van der Waals surface area contributed by atoms with E-state index in [2.05, 4.69) is 17.1 Å². The number of nitrogens with zero attached hydrogens (tertiary/aromatic N) is 3. The maximum Gasteiger partial charge on any atom is 0.240 e. The van der Waals surface area contributed by atoms with Gasteiger partial charge in [0.2, 0.25) is 5.95 Å². The molecule has 1 heterocycles. The molecule has 2 rings (SSSR count). The van der Waals surface area contributed by atoms with Gasteiger partial charge in [-0.2, -0.15) is 0 Å². The van der Waals surface area contributed by atoms with Crippen molar-refractivity contribution in [2.24, 2.45) is 5.73 Å². The van der Waals surface area contributed by atoms with Gasteiger partial charge in [-0.15, -0.1) is 10.2 Å². The Morgan fingerprint density at radius 1 is 1.40 bits per heavy atom. The standard InChI is InChI=1S/C9H18N6/c1-9(5-3-2-4-6(9)10)7-13-14-8(11)15(7)12/h6H,2-5,10,12H2,1H3,(H2,11,14). The van der Waals surface area contributed by atoms with Crippen molar-refractivity contribution in [1.29, 1.82) is 0 Å². The normalized spacial score (nSPS) is 31.7. The summed E-state index contributed by atoms with van der Waals surface area (Å²) in [4.78, 5) is 0. The van der Waals surface area contributed by atoms with Crippen molar-refractivity contribution < 1.29 is 0 Å². The van der Waals surface area contributed by atoms with Gasteiger partial charge in [-0.3, -0.25) is 0 Å². The second kappa shape index (κ2) is 3.37. The molecule has 0 spiro atoms. The van der Waals surface area contributed by atoms with Crippen molar-refractivity contribution in [2.45, 2.75) is 44.1 Å². The second-order valence-corrected chi connectivity index (χ2v) is 4.52. The zero-order valence-corrected chi connectivity index (χ0v) is 8.98. The Labute approximate surface area is 88.8 Å². The molecule has 1 aromatic heterocycles. The van der Waals surface area contributed by atoms with Crippen LogP contribution in [0, 0.1) is 0 Å². The Balaban J connectivity index is 2.39. The molecule has 6 heteroatoms. The Morgan fingerprint density at radius 3 is 2.67 bits per heavy atom. The predicted molar refractivity (Wildman–Crippen MR) is 58.4 cm³/mol. The van der Waals surface area contributed by atoms with Gasteiger partial charge in [0.1, 0.15) is 0 Å². The smallest absolute Gasteiger partial charge is 0.240 e. The first-order valence-electron chi connectivity index (χ1n) is 5.28. The summed E-state index contributed by atoms with van der Waals surface area (Å²) in [5.41, 5.74) is 11.5. The highest BCUT2D eigenvalue weighted by molar-refractivity contribution is 5.23. The molecule has 2 unspecified atom stereocenters. The molecule has 0 aromatic carbocycles. The van der Waals surface area contributed by atoms with Crippen LogP contribution in [0.1, 0.15) is 38.4 Å². The highest BCUT2D eigenvalue weighted by Crippen LogP contribution is 2.37. The summed E-state index contributed by atoms with van der Waals surface area (Å²) in [6, 6.07) is 0.0807. The summed E-state index contributed by atoms with van der Waals surface area (Å²) in [7, 11) is 0. The Bertz CT molecular complexity index is 359. The van der Waals surface area contributed by atoms with Crippen molar-refractivity contribution >= 4 is 5.95 Å². The largest absolute Gasteiger partial charge is 0.366 e. The summed E-state index contributed by atoms with van der Waals surface area (Å²) in [6.07, 6.45) is 4.31. The topological polar surface area (TPSA) is 109 Å². The Morgan fingerprint density at radius 2 is 2.13 bits per heavy atom. The molecular formula is C9H18N6. The maximum atomic E-state index is 6.15. The summed E-state index contributed by atoms with van der Waals surface area (Å²) in [6.45, 7) is 2.09. The van der Waals surface area contributed by atoms with Crippen LogP contribution in [-0.2, 0) is 5.41 Å². The summed E-state index contributed by atoms with van der Waals surface area (Å²) in [5.74, 6) is 6.73. The van der Waals surface area contributed by atoms with Crippen molar-refractivity contribution in [3.05, 3.63) is 5.82 Å². The van der Waals surface area contributed by atoms with Crippen LogP contribution in [-0.4, -0.2) is 20.9 Å². The molecular weight excluding hydrogens is 192 g/mol. The lowest BCUT2D eigenvalue weighted by Crippen LogP contribution is -2.48. The maximum absolute atomic E-state index is 6.15. The molecule has 6 N–H and O–H groups in total. The van der Waals surface area contributed by atoms with Gasteiger partial charge in [0.15, 0.2) is 5.82 Å². The number of nitrogen functional groups attached to an aromatic ring is 2. The van der Waals surface area contributed by atoms with Gasteiger partial charge >= 0.3 is 0 Å². The minimum absolute atomic E-state index is 0.0807. The monoisotopic (exact) mass is 210 g/mol. The molecule has 1 aliphatic carbocycles. The fourth-order valence-electron chi connectivity index (χ4n) is 2.33. The van der Waals surface area contributed by atoms with E-state index in [4.69, 9.17) is 17.3 Å². The first kappa shape index (κ1) is 10.2. The Hall–Kier alpha value is -1.30. The fraction of sp³-hybridized carbons (Fsp3) is 0.778. The number of anilines is 1. The highest BCUT2D eigenvalue weighted by Gasteiger charge is 2.40. The molecule has 0 saturated heterocycles. The molecule has 6 nitrogen and oxygen atoms in total. The SMILES string of the molecule is CC1(c2nnc(N)n2N)CCCCC1N. The minimum atomic E-state index is -0.197. The molecule has 1 aliphatic rings. The summed E-state index contributed by atoms with van der Waals surface area (Å²) >= 11 is 0. The van der Waals surface area contributed by atoms with Gasteiger partial charge in [0.05, 0.1) is 0 Å². The van der Waals surface area contributed by atoms with Gasteiger partial charge in [-0.05, 0) is 12.8 Å². The summed E-state index contributed by atoms with van der Waals surface area (Å²) < 4.78 is 1.35. The predicted octanol–water partition coefficient (Wildman–Crippen LogP) is -0.267. The zero-order valence-electron chi connectivity index (χ0n) is 8.98. The first-order valence-corrected chi connectivity index (χ1v) is 5.28. The van der Waals surface area contributed by atoms with E-state index in [1.807, 2.05) is 0 Å².